The lowest BCUT2D eigenvalue weighted by molar-refractivity contribution is 0.0939. The van der Waals surface area contributed by atoms with Gasteiger partial charge in [-0.2, -0.15) is 5.10 Å². The van der Waals surface area contributed by atoms with E-state index >= 15 is 0 Å². The van der Waals surface area contributed by atoms with E-state index in [0.29, 0.717) is 11.6 Å². The van der Waals surface area contributed by atoms with Gasteiger partial charge in [-0.05, 0) is 76.2 Å². The predicted octanol–water partition coefficient (Wildman–Crippen LogP) is 5.04. The Bertz CT molecular complexity index is 1010. The molecule has 1 atom stereocenters. The Morgan fingerprint density at radius 3 is 2.32 bits per heavy atom. The summed E-state index contributed by atoms with van der Waals surface area (Å²) in [7, 11) is 0. The van der Waals surface area contributed by atoms with E-state index in [0.717, 1.165) is 30.0 Å². The number of benzene rings is 2. The molecule has 0 saturated heterocycles. The van der Waals surface area contributed by atoms with Crippen molar-refractivity contribution in [3.63, 3.8) is 0 Å². The van der Waals surface area contributed by atoms with Crippen LogP contribution in [-0.2, 0) is 6.54 Å². The number of hydrogen-bond acceptors (Lipinski definition) is 3. The number of hydrogen-bond donors (Lipinski definition) is 1. The van der Waals surface area contributed by atoms with Crippen LogP contribution in [0.5, 0.6) is 0 Å². The first kappa shape index (κ1) is 22.7. The minimum Gasteiger partial charge on any atom is -0.345 e. The molecule has 3 aromatic rings. The maximum Gasteiger partial charge on any atom is 0.251 e. The lowest BCUT2D eigenvalue weighted by Crippen LogP contribution is -2.30. The molecule has 1 amide bonds. The predicted molar refractivity (Wildman–Crippen MR) is 122 cm³/mol. The van der Waals surface area contributed by atoms with Crippen molar-refractivity contribution in [3.05, 3.63) is 82.9 Å². The number of carbonyl (C=O) groups is 1. The van der Waals surface area contributed by atoms with Gasteiger partial charge in [-0.15, -0.1) is 0 Å². The highest BCUT2D eigenvalue weighted by Crippen LogP contribution is 2.21. The Morgan fingerprint density at radius 1 is 1.10 bits per heavy atom. The lowest BCUT2D eigenvalue weighted by Gasteiger charge is -2.24. The van der Waals surface area contributed by atoms with E-state index in [9.17, 15) is 9.18 Å². The number of rotatable bonds is 8. The SMILES string of the molecule is CCN(Cc1ccc(C(=O)NC(C)c2cnn(-c3ccc(F)cc3)c2C)cc1)C(C)C. The molecule has 0 spiro atoms. The molecular weight excluding hydrogens is 391 g/mol. The van der Waals surface area contributed by atoms with Gasteiger partial charge in [-0.1, -0.05) is 19.1 Å². The molecule has 1 aromatic heterocycles. The molecule has 0 saturated carbocycles. The zero-order chi connectivity index (χ0) is 22.5. The second-order valence-corrected chi connectivity index (χ2v) is 8.12. The number of amides is 1. The number of nitrogens with one attached hydrogen (secondary N) is 1. The highest BCUT2D eigenvalue weighted by Gasteiger charge is 2.17. The maximum absolute atomic E-state index is 13.2. The van der Waals surface area contributed by atoms with Gasteiger partial charge in [0.05, 0.1) is 17.9 Å². The van der Waals surface area contributed by atoms with Crippen molar-refractivity contribution in [1.82, 2.24) is 20.0 Å². The normalized spacial score (nSPS) is 12.4. The number of carbonyl (C=O) groups excluding carboxylic acids is 1. The standard InChI is InChI=1S/C25H31FN4O/c1-6-29(17(2)3)16-20-7-9-21(10-8-20)25(31)28-18(4)24-15-27-30(19(24)5)23-13-11-22(26)12-14-23/h7-15,17-18H,6,16H2,1-5H3,(H,28,31). The molecule has 6 heteroatoms. The van der Waals surface area contributed by atoms with Crippen LogP contribution >= 0.6 is 0 Å². The summed E-state index contributed by atoms with van der Waals surface area (Å²) in [6, 6.07) is 14.2. The van der Waals surface area contributed by atoms with Crippen molar-refractivity contribution < 1.29 is 9.18 Å². The third-order valence-corrected chi connectivity index (χ3v) is 5.67. The summed E-state index contributed by atoms with van der Waals surface area (Å²) < 4.78 is 15.0. The lowest BCUT2D eigenvalue weighted by atomic mass is 10.1. The van der Waals surface area contributed by atoms with Crippen LogP contribution in [-0.4, -0.2) is 33.2 Å². The fraction of sp³-hybridized carbons (Fsp3) is 0.360. The smallest absolute Gasteiger partial charge is 0.251 e. The summed E-state index contributed by atoms with van der Waals surface area (Å²) >= 11 is 0. The summed E-state index contributed by atoms with van der Waals surface area (Å²) in [5.74, 6) is -0.406. The van der Waals surface area contributed by atoms with Gasteiger partial charge in [-0.25, -0.2) is 9.07 Å². The molecule has 5 nitrogen and oxygen atoms in total. The largest absolute Gasteiger partial charge is 0.345 e. The molecule has 0 radical (unpaired) electrons. The molecule has 1 heterocycles. The molecule has 0 aliphatic rings. The molecule has 0 aliphatic carbocycles. The molecule has 0 aliphatic heterocycles. The van der Waals surface area contributed by atoms with Crippen LogP contribution < -0.4 is 5.32 Å². The summed E-state index contributed by atoms with van der Waals surface area (Å²) in [4.78, 5) is 15.1. The van der Waals surface area contributed by atoms with E-state index in [1.807, 2.05) is 38.1 Å². The topological polar surface area (TPSA) is 50.2 Å². The van der Waals surface area contributed by atoms with Gasteiger partial charge in [0.1, 0.15) is 5.82 Å². The van der Waals surface area contributed by atoms with Crippen molar-refractivity contribution >= 4 is 5.91 Å². The second-order valence-electron chi connectivity index (χ2n) is 8.12. The summed E-state index contributed by atoms with van der Waals surface area (Å²) in [5.41, 5.74) is 4.43. The maximum atomic E-state index is 13.2. The number of halogens is 1. The average molecular weight is 423 g/mol. The van der Waals surface area contributed by atoms with Crippen molar-refractivity contribution in [2.75, 3.05) is 6.54 Å². The molecule has 0 fully saturated rings. The van der Waals surface area contributed by atoms with Crippen LogP contribution in [0.2, 0.25) is 0 Å². The number of aromatic nitrogens is 2. The van der Waals surface area contributed by atoms with Gasteiger partial charge in [-0.3, -0.25) is 9.69 Å². The average Bonchev–Trinajstić information content (AvgIpc) is 3.14. The summed E-state index contributed by atoms with van der Waals surface area (Å²) in [5, 5.41) is 7.47. The molecule has 2 aromatic carbocycles. The van der Waals surface area contributed by atoms with Crippen molar-refractivity contribution in [2.24, 2.45) is 0 Å². The van der Waals surface area contributed by atoms with Gasteiger partial charge in [0, 0.05) is 29.4 Å². The van der Waals surface area contributed by atoms with Gasteiger partial charge in [0.2, 0.25) is 0 Å². The molecule has 31 heavy (non-hydrogen) atoms. The van der Waals surface area contributed by atoms with Crippen LogP contribution in [0, 0.1) is 12.7 Å². The van der Waals surface area contributed by atoms with E-state index in [2.05, 4.69) is 36.1 Å². The quantitative estimate of drug-likeness (QED) is 0.553. The molecule has 1 N–H and O–H groups in total. The van der Waals surface area contributed by atoms with E-state index in [1.165, 1.54) is 17.7 Å². The van der Waals surface area contributed by atoms with Gasteiger partial charge >= 0.3 is 0 Å². The molecule has 0 bridgehead atoms. The van der Waals surface area contributed by atoms with Crippen molar-refractivity contribution in [1.29, 1.82) is 0 Å². The highest BCUT2D eigenvalue weighted by atomic mass is 19.1. The Balaban J connectivity index is 1.67. The van der Waals surface area contributed by atoms with E-state index in [4.69, 9.17) is 0 Å². The zero-order valence-electron chi connectivity index (χ0n) is 18.9. The highest BCUT2D eigenvalue weighted by molar-refractivity contribution is 5.94. The van der Waals surface area contributed by atoms with E-state index in [1.54, 1.807) is 23.0 Å². The van der Waals surface area contributed by atoms with Crippen LogP contribution in [0.3, 0.4) is 0 Å². The monoisotopic (exact) mass is 422 g/mol. The van der Waals surface area contributed by atoms with Crippen molar-refractivity contribution in [2.45, 2.75) is 53.2 Å². The first-order chi connectivity index (χ1) is 14.8. The second kappa shape index (κ2) is 9.88. The Labute approximate surface area is 183 Å². The first-order valence-electron chi connectivity index (χ1n) is 10.7. The molecule has 3 rings (SSSR count). The van der Waals surface area contributed by atoms with E-state index in [-0.39, 0.29) is 17.8 Å². The Kier molecular flexibility index (Phi) is 7.23. The Hall–Kier alpha value is -2.99. The Morgan fingerprint density at radius 2 is 1.74 bits per heavy atom. The molecular formula is C25H31FN4O. The van der Waals surface area contributed by atoms with E-state index < -0.39 is 0 Å². The van der Waals surface area contributed by atoms with Crippen LogP contribution in [0.25, 0.3) is 5.69 Å². The first-order valence-corrected chi connectivity index (χ1v) is 10.7. The van der Waals surface area contributed by atoms with Gasteiger partial charge < -0.3 is 5.32 Å². The summed E-state index contributed by atoms with van der Waals surface area (Å²) in [6.07, 6.45) is 1.75. The van der Waals surface area contributed by atoms with Gasteiger partial charge in [0.25, 0.3) is 5.91 Å². The minimum atomic E-state index is -0.285. The molecule has 1 unspecified atom stereocenters. The third kappa shape index (κ3) is 5.39. The van der Waals surface area contributed by atoms with Crippen LogP contribution in [0.1, 0.15) is 60.9 Å². The van der Waals surface area contributed by atoms with Crippen LogP contribution in [0.4, 0.5) is 4.39 Å². The number of nitrogens with zero attached hydrogens (tertiary/aromatic N) is 3. The fourth-order valence-corrected chi connectivity index (χ4v) is 3.70. The van der Waals surface area contributed by atoms with Gasteiger partial charge in [0.15, 0.2) is 0 Å². The fourth-order valence-electron chi connectivity index (χ4n) is 3.70. The third-order valence-electron chi connectivity index (χ3n) is 5.67. The summed E-state index contributed by atoms with van der Waals surface area (Å²) in [6.45, 7) is 12.3. The van der Waals surface area contributed by atoms with Crippen molar-refractivity contribution in [3.8, 4) is 5.69 Å². The van der Waals surface area contributed by atoms with Crippen LogP contribution in [0.15, 0.2) is 54.7 Å². The minimum absolute atomic E-state index is 0.121. The molecule has 164 valence electrons. The zero-order valence-corrected chi connectivity index (χ0v) is 18.9.